The average Bonchev–Trinajstić information content (AvgIpc) is 3.86. The number of carbonyl (C=O) groups excluding carboxylic acids is 4. The minimum absolute atomic E-state index is 0.122. The number of hydrogen-bond acceptors (Lipinski definition) is 9. The van der Waals surface area contributed by atoms with Gasteiger partial charge in [-0.1, -0.05) is 36.4 Å². The Morgan fingerprint density at radius 2 is 1.02 bits per heavy atom. The molecule has 0 aliphatic heterocycles. The molecule has 226 valence electrons. The molecule has 2 aromatic carbocycles. The zero-order chi connectivity index (χ0) is 31.8. The lowest BCUT2D eigenvalue weighted by molar-refractivity contribution is 0.0900. The standard InChI is InChI=1S/C32H26N6O5S2/c1-19(21-7-3-9-23(17-21)33-31(41)27-11-5-15-44-27)35-37-29(39)25-13-14-26(43-25)30(40)38-36-20(2)22-8-4-10-24(18-22)34-32(42)28-12-6-16-45-28/h3-18H,1-2H3,(H,33,41)(H,34,42)(H,37,39)(H,38,40). The molecule has 0 saturated heterocycles. The van der Waals surface area contributed by atoms with Crippen molar-refractivity contribution in [3.63, 3.8) is 0 Å². The molecule has 0 fully saturated rings. The Balaban J connectivity index is 1.16. The van der Waals surface area contributed by atoms with Crippen LogP contribution in [-0.4, -0.2) is 35.1 Å². The van der Waals surface area contributed by atoms with Crippen LogP contribution in [0.25, 0.3) is 0 Å². The van der Waals surface area contributed by atoms with E-state index in [0.29, 0.717) is 43.7 Å². The van der Waals surface area contributed by atoms with Gasteiger partial charge >= 0.3 is 11.8 Å². The van der Waals surface area contributed by atoms with Crippen LogP contribution in [0.1, 0.15) is 65.4 Å². The Hall–Kier alpha value is -5.66. The summed E-state index contributed by atoms with van der Waals surface area (Å²) in [4.78, 5) is 51.2. The number of amides is 4. The topological polar surface area (TPSA) is 154 Å². The molecule has 0 bridgehead atoms. The third kappa shape index (κ3) is 8.04. The molecule has 0 spiro atoms. The summed E-state index contributed by atoms with van der Waals surface area (Å²) in [6.07, 6.45) is 0. The number of carbonyl (C=O) groups is 4. The van der Waals surface area contributed by atoms with E-state index in [1.807, 2.05) is 10.8 Å². The number of benzene rings is 2. The van der Waals surface area contributed by atoms with Crippen LogP contribution in [0.3, 0.4) is 0 Å². The first kappa shape index (κ1) is 30.8. The van der Waals surface area contributed by atoms with Gasteiger partial charge in [-0.3, -0.25) is 19.2 Å². The van der Waals surface area contributed by atoms with Crippen molar-refractivity contribution in [2.24, 2.45) is 10.2 Å². The number of nitrogens with one attached hydrogen (secondary N) is 4. The van der Waals surface area contributed by atoms with E-state index in [0.717, 1.165) is 0 Å². The molecule has 0 saturated carbocycles. The van der Waals surface area contributed by atoms with Crippen molar-refractivity contribution in [3.05, 3.63) is 128 Å². The van der Waals surface area contributed by atoms with Crippen LogP contribution < -0.4 is 21.5 Å². The molecule has 0 unspecified atom stereocenters. The van der Waals surface area contributed by atoms with Crippen molar-refractivity contribution in [2.45, 2.75) is 13.8 Å². The highest BCUT2D eigenvalue weighted by Gasteiger charge is 2.16. The molecular weight excluding hydrogens is 613 g/mol. The Bertz CT molecular complexity index is 1770. The molecule has 3 heterocycles. The fourth-order valence-electron chi connectivity index (χ4n) is 3.94. The third-order valence-electron chi connectivity index (χ3n) is 6.27. The van der Waals surface area contributed by atoms with Gasteiger partial charge in [-0.25, -0.2) is 10.9 Å². The quantitative estimate of drug-likeness (QED) is 0.106. The van der Waals surface area contributed by atoms with Crippen LogP contribution in [0.15, 0.2) is 110 Å². The summed E-state index contributed by atoms with van der Waals surface area (Å²) in [7, 11) is 0. The predicted octanol–water partition coefficient (Wildman–Crippen LogP) is 6.22. The Morgan fingerprint density at radius 3 is 1.42 bits per heavy atom. The van der Waals surface area contributed by atoms with Gasteiger partial charge in [-0.2, -0.15) is 10.2 Å². The molecule has 4 amide bonds. The van der Waals surface area contributed by atoms with Crippen LogP contribution in [0.4, 0.5) is 11.4 Å². The van der Waals surface area contributed by atoms with Gasteiger partial charge in [-0.05, 0) is 84.3 Å². The van der Waals surface area contributed by atoms with Crippen LogP contribution in [0.5, 0.6) is 0 Å². The second-order valence-electron chi connectivity index (χ2n) is 9.46. The van der Waals surface area contributed by atoms with Crippen LogP contribution >= 0.6 is 22.7 Å². The molecule has 0 atom stereocenters. The maximum absolute atomic E-state index is 12.6. The minimum Gasteiger partial charge on any atom is -0.446 e. The van der Waals surface area contributed by atoms with E-state index >= 15 is 0 Å². The lowest BCUT2D eigenvalue weighted by atomic mass is 10.1. The number of hydrazone groups is 2. The fraction of sp³-hybridized carbons (Fsp3) is 0.0625. The zero-order valence-electron chi connectivity index (χ0n) is 24.0. The van der Waals surface area contributed by atoms with Gasteiger partial charge in [0.2, 0.25) is 0 Å². The maximum Gasteiger partial charge on any atom is 0.307 e. The van der Waals surface area contributed by atoms with Gasteiger partial charge < -0.3 is 15.1 Å². The largest absolute Gasteiger partial charge is 0.446 e. The summed E-state index contributed by atoms with van der Waals surface area (Å²) >= 11 is 2.69. The average molecular weight is 639 g/mol. The van der Waals surface area contributed by atoms with Crippen molar-refractivity contribution in [3.8, 4) is 0 Å². The summed E-state index contributed by atoms with van der Waals surface area (Å²) in [5.74, 6) is -1.98. The fourth-order valence-corrected chi connectivity index (χ4v) is 5.17. The molecule has 5 rings (SSSR count). The predicted molar refractivity (Wildman–Crippen MR) is 175 cm³/mol. The maximum atomic E-state index is 12.6. The summed E-state index contributed by atoms with van der Waals surface area (Å²) in [6.45, 7) is 3.41. The van der Waals surface area contributed by atoms with Gasteiger partial charge in [0.05, 0.1) is 21.2 Å². The van der Waals surface area contributed by atoms with Crippen LogP contribution in [0.2, 0.25) is 0 Å². The van der Waals surface area contributed by atoms with E-state index in [1.165, 1.54) is 34.8 Å². The second-order valence-corrected chi connectivity index (χ2v) is 11.4. The van der Waals surface area contributed by atoms with Crippen LogP contribution in [-0.2, 0) is 0 Å². The van der Waals surface area contributed by atoms with Gasteiger partial charge in [0, 0.05) is 11.4 Å². The van der Waals surface area contributed by atoms with Crippen LogP contribution in [0, 0.1) is 0 Å². The van der Waals surface area contributed by atoms with Gasteiger partial charge in [-0.15, -0.1) is 22.7 Å². The van der Waals surface area contributed by atoms with Gasteiger partial charge in [0.25, 0.3) is 11.8 Å². The SMILES string of the molecule is CC(=NNC(=O)c1ccc(C(=O)NN=C(C)c2cccc(NC(=O)c3cccs3)c2)o1)c1cccc(NC(=O)c2cccs2)c1. The number of nitrogens with zero attached hydrogens (tertiary/aromatic N) is 2. The highest BCUT2D eigenvalue weighted by molar-refractivity contribution is 7.12. The number of rotatable bonds is 10. The first-order valence-electron chi connectivity index (χ1n) is 13.5. The highest BCUT2D eigenvalue weighted by atomic mass is 32.1. The molecule has 45 heavy (non-hydrogen) atoms. The Morgan fingerprint density at radius 1 is 0.578 bits per heavy atom. The van der Waals surface area contributed by atoms with E-state index in [4.69, 9.17) is 4.42 Å². The molecule has 3 aromatic heterocycles. The smallest absolute Gasteiger partial charge is 0.307 e. The minimum atomic E-state index is -0.656. The lowest BCUT2D eigenvalue weighted by Crippen LogP contribution is -2.20. The second kappa shape index (κ2) is 14.2. The Kier molecular flexibility index (Phi) is 9.72. The van der Waals surface area contributed by atoms with E-state index in [2.05, 4.69) is 31.7 Å². The summed E-state index contributed by atoms with van der Waals surface area (Å²) in [6, 6.07) is 23.9. The summed E-state index contributed by atoms with van der Waals surface area (Å²) < 4.78 is 5.42. The summed E-state index contributed by atoms with van der Waals surface area (Å²) in [5.41, 5.74) is 8.33. The van der Waals surface area contributed by atoms with E-state index < -0.39 is 11.8 Å². The molecule has 13 heteroatoms. The number of anilines is 2. The summed E-state index contributed by atoms with van der Waals surface area (Å²) in [5, 5.41) is 17.6. The van der Waals surface area contributed by atoms with Crippen molar-refractivity contribution in [2.75, 3.05) is 10.6 Å². The molecule has 0 radical (unpaired) electrons. The van der Waals surface area contributed by atoms with Crippen molar-refractivity contribution >= 4 is 69.1 Å². The highest BCUT2D eigenvalue weighted by Crippen LogP contribution is 2.17. The van der Waals surface area contributed by atoms with Crippen molar-refractivity contribution in [1.82, 2.24) is 10.9 Å². The zero-order valence-corrected chi connectivity index (χ0v) is 25.6. The third-order valence-corrected chi connectivity index (χ3v) is 8.01. The van der Waals surface area contributed by atoms with Crippen molar-refractivity contribution in [1.29, 1.82) is 0 Å². The number of hydrogen-bond donors (Lipinski definition) is 4. The monoisotopic (exact) mass is 638 g/mol. The van der Waals surface area contributed by atoms with Gasteiger partial charge in [0.15, 0.2) is 11.5 Å². The molecule has 0 aliphatic carbocycles. The molecule has 0 aliphatic rings. The molecule has 5 aromatic rings. The van der Waals surface area contributed by atoms with Crippen molar-refractivity contribution < 1.29 is 23.6 Å². The number of furan rings is 1. The van der Waals surface area contributed by atoms with Gasteiger partial charge in [0.1, 0.15) is 0 Å². The normalized spacial score (nSPS) is 11.5. The Labute approximate surface area is 265 Å². The lowest BCUT2D eigenvalue weighted by Gasteiger charge is -2.07. The molecular formula is C32H26N6O5S2. The molecule has 11 nitrogen and oxygen atoms in total. The number of thiophene rings is 2. The van der Waals surface area contributed by atoms with E-state index in [1.54, 1.807) is 86.6 Å². The first-order valence-corrected chi connectivity index (χ1v) is 15.2. The first-order chi connectivity index (χ1) is 21.8. The van der Waals surface area contributed by atoms with E-state index in [-0.39, 0.29) is 23.3 Å². The molecule has 4 N–H and O–H groups in total. The van der Waals surface area contributed by atoms with E-state index in [9.17, 15) is 19.2 Å².